The van der Waals surface area contributed by atoms with E-state index in [0.717, 1.165) is 0 Å². The minimum absolute atomic E-state index is 0.188. The largest absolute Gasteiger partial charge is 0.487 e. The summed E-state index contributed by atoms with van der Waals surface area (Å²) in [7, 11) is 1.65. The molecule has 3 aromatic rings. The Kier molecular flexibility index (Phi) is 8.68. The highest BCUT2D eigenvalue weighted by molar-refractivity contribution is 6.05. The van der Waals surface area contributed by atoms with E-state index in [1.165, 1.54) is 17.3 Å². The van der Waals surface area contributed by atoms with Crippen LogP contribution in [-0.4, -0.2) is 81.8 Å². The maximum Gasteiger partial charge on any atom is 0.321 e. The predicted octanol–water partition coefficient (Wildman–Crippen LogP) is 3.32. The van der Waals surface area contributed by atoms with E-state index >= 15 is 0 Å². The Hall–Kier alpha value is -4.45. The zero-order valence-corrected chi connectivity index (χ0v) is 23.2. The van der Waals surface area contributed by atoms with E-state index in [1.807, 2.05) is 6.92 Å². The van der Waals surface area contributed by atoms with Crippen LogP contribution in [0.15, 0.2) is 47.2 Å². The van der Waals surface area contributed by atoms with E-state index in [2.05, 4.69) is 20.8 Å². The fourth-order valence-corrected chi connectivity index (χ4v) is 4.44. The van der Waals surface area contributed by atoms with Gasteiger partial charge in [0.05, 0.1) is 24.8 Å². The number of likely N-dealkylation sites (N-methyl/N-ethyl adjacent to an activating group) is 1. The van der Waals surface area contributed by atoms with Crippen LogP contribution in [0.3, 0.4) is 0 Å². The van der Waals surface area contributed by atoms with E-state index in [1.54, 1.807) is 63.1 Å². The van der Waals surface area contributed by atoms with Crippen molar-refractivity contribution in [1.29, 1.82) is 0 Å². The van der Waals surface area contributed by atoms with Crippen LogP contribution in [0, 0.1) is 19.8 Å². The number of carbonyl (C=O) groups is 3. The molecule has 2 aromatic heterocycles. The van der Waals surface area contributed by atoms with Crippen LogP contribution in [0.25, 0.3) is 0 Å². The molecule has 12 heteroatoms. The topological polar surface area (TPSA) is 150 Å². The van der Waals surface area contributed by atoms with E-state index in [4.69, 9.17) is 9.26 Å². The lowest BCUT2D eigenvalue weighted by molar-refractivity contribution is 0.0371. The summed E-state index contributed by atoms with van der Waals surface area (Å²) in [5.74, 6) is -0.0433. The third-order valence-corrected chi connectivity index (χ3v) is 6.93. The summed E-state index contributed by atoms with van der Waals surface area (Å²) in [4.78, 5) is 46.3. The Morgan fingerprint density at radius 2 is 1.93 bits per heavy atom. The van der Waals surface area contributed by atoms with E-state index in [9.17, 15) is 19.5 Å². The monoisotopic (exact) mass is 550 g/mol. The van der Waals surface area contributed by atoms with Crippen molar-refractivity contribution in [3.05, 3.63) is 65.3 Å². The molecule has 212 valence electrons. The van der Waals surface area contributed by atoms with Gasteiger partial charge in [-0.25, -0.2) is 4.79 Å². The van der Waals surface area contributed by atoms with Crippen molar-refractivity contribution < 1.29 is 28.8 Å². The molecule has 0 radical (unpaired) electrons. The van der Waals surface area contributed by atoms with Crippen molar-refractivity contribution in [2.75, 3.05) is 37.4 Å². The van der Waals surface area contributed by atoms with Crippen molar-refractivity contribution in [2.45, 2.75) is 39.8 Å². The number of hydrogen-bond acceptors (Lipinski definition) is 8. The van der Waals surface area contributed by atoms with E-state index in [0.29, 0.717) is 34.1 Å². The summed E-state index contributed by atoms with van der Waals surface area (Å²) in [6.07, 6.45) is 2.56. The number of rotatable bonds is 7. The molecule has 0 fully saturated rings. The van der Waals surface area contributed by atoms with Gasteiger partial charge in [0.15, 0.2) is 5.76 Å². The second-order valence-electron chi connectivity index (χ2n) is 10.0. The van der Waals surface area contributed by atoms with Gasteiger partial charge in [0.1, 0.15) is 23.2 Å². The van der Waals surface area contributed by atoms with Crippen LogP contribution in [0.5, 0.6) is 5.75 Å². The number of benzene rings is 1. The number of aromatic nitrogens is 2. The molecule has 12 nitrogen and oxygen atoms in total. The number of urea groups is 1. The molecule has 0 aliphatic carbocycles. The molecular formula is C28H34N6O6. The van der Waals surface area contributed by atoms with Crippen LogP contribution in [0.4, 0.5) is 16.2 Å². The number of pyridine rings is 1. The van der Waals surface area contributed by atoms with Crippen LogP contribution in [-0.2, 0) is 0 Å². The van der Waals surface area contributed by atoms with Crippen LogP contribution < -0.4 is 15.4 Å². The highest BCUT2D eigenvalue weighted by Gasteiger charge is 2.34. The highest BCUT2D eigenvalue weighted by atomic mass is 16.5. The number of nitrogens with zero attached hydrogens (tertiary/aromatic N) is 4. The zero-order valence-electron chi connectivity index (χ0n) is 23.2. The van der Waals surface area contributed by atoms with E-state index in [-0.39, 0.29) is 49.0 Å². The standard InChI is InChI=1S/C28H34N6O6/c1-16-13-34(17(2)15-35)27(37)22-12-21(30-26(36)20-8-10-29-11-9-20)6-7-23(22)39-24(16)14-33(5)28(38)31-25-18(3)32-40-19(25)4/h6-12,16-17,24,35H,13-15H2,1-5H3,(H,30,36)(H,31,38)/t16-,17+,24-/m1/s1. The maximum absolute atomic E-state index is 13.6. The number of amides is 4. The van der Waals surface area contributed by atoms with Gasteiger partial charge < -0.3 is 34.8 Å². The number of nitrogens with one attached hydrogen (secondary N) is 2. The second kappa shape index (κ2) is 12.2. The third-order valence-electron chi connectivity index (χ3n) is 6.93. The van der Waals surface area contributed by atoms with E-state index < -0.39 is 12.1 Å². The lowest BCUT2D eigenvalue weighted by atomic mass is 9.99. The van der Waals surface area contributed by atoms with Crippen LogP contribution in [0.2, 0.25) is 0 Å². The molecule has 1 aromatic carbocycles. The molecule has 3 atom stereocenters. The number of aryl methyl sites for hydroxylation is 2. The SMILES string of the molecule is Cc1noc(C)c1NC(=O)N(C)C[C@H]1Oc2ccc(NC(=O)c3ccncc3)cc2C(=O)N([C@@H](C)CO)C[C@H]1C. The molecule has 1 aliphatic heterocycles. The highest BCUT2D eigenvalue weighted by Crippen LogP contribution is 2.31. The summed E-state index contributed by atoms with van der Waals surface area (Å²) in [5.41, 5.74) is 2.17. The van der Waals surface area contributed by atoms with Crippen molar-refractivity contribution in [2.24, 2.45) is 5.92 Å². The average molecular weight is 551 g/mol. The Morgan fingerprint density at radius 1 is 1.20 bits per heavy atom. The minimum atomic E-state index is -0.488. The molecule has 0 saturated heterocycles. The zero-order chi connectivity index (χ0) is 29.0. The summed E-state index contributed by atoms with van der Waals surface area (Å²) < 4.78 is 11.5. The molecule has 1 aliphatic rings. The Balaban J connectivity index is 1.59. The molecule has 0 saturated carbocycles. The molecule has 40 heavy (non-hydrogen) atoms. The van der Waals surface area contributed by atoms with Gasteiger partial charge in [0.25, 0.3) is 11.8 Å². The normalized spacial score (nSPS) is 17.6. The molecule has 0 unspecified atom stereocenters. The number of fused-ring (bicyclic) bond motifs is 1. The van der Waals surface area contributed by atoms with Crippen molar-refractivity contribution in [3.8, 4) is 5.75 Å². The first kappa shape index (κ1) is 28.6. The number of aliphatic hydroxyl groups is 1. The Morgan fingerprint density at radius 3 is 2.58 bits per heavy atom. The number of anilines is 2. The Labute approximate surface area is 232 Å². The molecule has 3 heterocycles. The molecule has 4 amide bonds. The van der Waals surface area contributed by atoms with Crippen LogP contribution in [0.1, 0.15) is 46.0 Å². The summed E-state index contributed by atoms with van der Waals surface area (Å²) >= 11 is 0. The van der Waals surface area contributed by atoms with Crippen LogP contribution >= 0.6 is 0 Å². The smallest absolute Gasteiger partial charge is 0.321 e. The third kappa shape index (κ3) is 6.23. The number of ether oxygens (including phenoxy) is 1. The molecule has 0 spiro atoms. The molecule has 4 rings (SSSR count). The fourth-order valence-electron chi connectivity index (χ4n) is 4.44. The molecule has 3 N–H and O–H groups in total. The molecule has 0 bridgehead atoms. The number of carbonyl (C=O) groups excluding carboxylic acids is 3. The minimum Gasteiger partial charge on any atom is -0.487 e. The lowest BCUT2D eigenvalue weighted by Crippen LogP contribution is -2.50. The quantitative estimate of drug-likeness (QED) is 0.405. The number of hydrogen-bond donors (Lipinski definition) is 3. The number of aliphatic hydroxyl groups excluding tert-OH is 1. The predicted molar refractivity (Wildman–Crippen MR) is 147 cm³/mol. The summed E-state index contributed by atoms with van der Waals surface area (Å²) in [6.45, 7) is 7.43. The van der Waals surface area contributed by atoms with Crippen molar-refractivity contribution in [1.82, 2.24) is 19.9 Å². The first-order valence-electron chi connectivity index (χ1n) is 13.0. The van der Waals surface area contributed by atoms with Gasteiger partial charge in [-0.05, 0) is 51.1 Å². The van der Waals surface area contributed by atoms with Gasteiger partial charge in [-0.2, -0.15) is 0 Å². The van der Waals surface area contributed by atoms with Crippen molar-refractivity contribution >= 4 is 29.2 Å². The first-order valence-corrected chi connectivity index (χ1v) is 13.0. The summed E-state index contributed by atoms with van der Waals surface area (Å²) in [6, 6.07) is 7.21. The van der Waals surface area contributed by atoms with Gasteiger partial charge in [-0.15, -0.1) is 0 Å². The lowest BCUT2D eigenvalue weighted by Gasteiger charge is -2.38. The molecular weight excluding hydrogens is 516 g/mol. The second-order valence-corrected chi connectivity index (χ2v) is 10.0. The maximum atomic E-state index is 13.6. The van der Waals surface area contributed by atoms with Gasteiger partial charge in [0.2, 0.25) is 0 Å². The fraction of sp³-hybridized carbons (Fsp3) is 0.393. The van der Waals surface area contributed by atoms with Gasteiger partial charge in [-0.1, -0.05) is 12.1 Å². The van der Waals surface area contributed by atoms with Gasteiger partial charge >= 0.3 is 6.03 Å². The average Bonchev–Trinajstić information content (AvgIpc) is 3.27. The van der Waals surface area contributed by atoms with Crippen molar-refractivity contribution in [3.63, 3.8) is 0 Å². The first-order chi connectivity index (χ1) is 19.1. The Bertz CT molecular complexity index is 1360. The van der Waals surface area contributed by atoms with Gasteiger partial charge in [-0.3, -0.25) is 14.6 Å². The summed E-state index contributed by atoms with van der Waals surface area (Å²) in [5, 5.41) is 19.4. The van der Waals surface area contributed by atoms with Gasteiger partial charge in [0, 0.05) is 43.2 Å².